The molecule has 0 amide bonds. The number of aliphatic imine (C=N–C) groups is 1. The monoisotopic (exact) mass is 195 g/mol. The topological polar surface area (TPSA) is 90.2 Å². The molecular formula is C9H15N4O+. The first kappa shape index (κ1) is 10.5. The van der Waals surface area contributed by atoms with Crippen LogP contribution in [0.2, 0.25) is 0 Å². The Bertz CT molecular complexity index is 345. The Morgan fingerprint density at radius 1 is 1.43 bits per heavy atom. The molecule has 0 heterocycles. The smallest absolute Gasteiger partial charge is 0.191 e. The zero-order valence-electron chi connectivity index (χ0n) is 8.32. The van der Waals surface area contributed by atoms with E-state index in [2.05, 4.69) is 4.99 Å². The summed E-state index contributed by atoms with van der Waals surface area (Å²) in [6.45, 7) is 1.94. The standard InChI is InChI=1S/C9H14N4O/c1-6-3-4-7(13-14-2)5-8(6)12-9(10)11/h3-5,13H,1-2H3,(H4,10,11,12)/p+1. The molecule has 0 aliphatic heterocycles. The lowest BCUT2D eigenvalue weighted by atomic mass is 10.2. The van der Waals surface area contributed by atoms with Crippen molar-refractivity contribution in [3.63, 3.8) is 0 Å². The third kappa shape index (κ3) is 2.72. The van der Waals surface area contributed by atoms with Crippen molar-refractivity contribution in [2.24, 2.45) is 16.5 Å². The molecule has 0 aliphatic rings. The van der Waals surface area contributed by atoms with Gasteiger partial charge in [0.25, 0.3) is 0 Å². The van der Waals surface area contributed by atoms with Crippen LogP contribution in [0.5, 0.6) is 0 Å². The molecule has 0 saturated carbocycles. The van der Waals surface area contributed by atoms with Gasteiger partial charge in [0.05, 0.1) is 12.8 Å². The molecule has 0 fully saturated rings. The Hall–Kier alpha value is -1.59. The fraction of sp³-hybridized carbons (Fsp3) is 0.222. The third-order valence-electron chi connectivity index (χ3n) is 1.74. The van der Waals surface area contributed by atoms with Gasteiger partial charge in [0.2, 0.25) is 0 Å². The van der Waals surface area contributed by atoms with E-state index in [9.17, 15) is 0 Å². The maximum absolute atomic E-state index is 5.30. The zero-order chi connectivity index (χ0) is 10.6. The summed E-state index contributed by atoms with van der Waals surface area (Å²) in [5, 5.41) is 0. The molecule has 0 aliphatic carbocycles. The number of benzene rings is 1. The average Bonchev–Trinajstić information content (AvgIpc) is 2.10. The molecule has 14 heavy (non-hydrogen) atoms. The molecule has 0 radical (unpaired) electrons. The van der Waals surface area contributed by atoms with Gasteiger partial charge < -0.3 is 11.5 Å². The molecule has 5 nitrogen and oxygen atoms in total. The minimum atomic E-state index is 0.0580. The highest BCUT2D eigenvalue weighted by Gasteiger charge is 2.02. The van der Waals surface area contributed by atoms with Crippen molar-refractivity contribution >= 4 is 17.3 Å². The number of hydrogen-bond acceptors (Lipinski definition) is 2. The van der Waals surface area contributed by atoms with Gasteiger partial charge in [0.1, 0.15) is 0 Å². The van der Waals surface area contributed by atoms with Gasteiger partial charge in [-0.15, -0.1) is 0 Å². The molecular weight excluding hydrogens is 180 g/mol. The van der Waals surface area contributed by atoms with Crippen molar-refractivity contribution in [3.05, 3.63) is 23.8 Å². The second-order valence-electron chi connectivity index (χ2n) is 2.94. The summed E-state index contributed by atoms with van der Waals surface area (Å²) < 4.78 is 0. The number of hydrogen-bond donors (Lipinski definition) is 3. The molecule has 76 valence electrons. The first-order valence-electron chi connectivity index (χ1n) is 4.20. The molecule has 0 saturated heterocycles. The minimum Gasteiger partial charge on any atom is -0.370 e. The number of nitrogens with zero attached hydrogens (tertiary/aromatic N) is 1. The Kier molecular flexibility index (Phi) is 3.44. The summed E-state index contributed by atoms with van der Waals surface area (Å²) in [5.74, 6) is 0.0580. The predicted molar refractivity (Wildman–Crippen MR) is 55.2 cm³/mol. The fourth-order valence-electron chi connectivity index (χ4n) is 1.10. The zero-order valence-corrected chi connectivity index (χ0v) is 8.32. The van der Waals surface area contributed by atoms with Gasteiger partial charge >= 0.3 is 0 Å². The van der Waals surface area contributed by atoms with E-state index in [1.54, 1.807) is 12.6 Å². The van der Waals surface area contributed by atoms with E-state index < -0.39 is 0 Å². The Labute approximate surface area is 82.7 Å². The summed E-state index contributed by atoms with van der Waals surface area (Å²) in [5.41, 5.74) is 14.9. The summed E-state index contributed by atoms with van der Waals surface area (Å²) in [6, 6.07) is 5.73. The van der Waals surface area contributed by atoms with Crippen molar-refractivity contribution in [1.82, 2.24) is 0 Å². The quantitative estimate of drug-likeness (QED) is 0.266. The average molecular weight is 195 g/mol. The fourth-order valence-corrected chi connectivity index (χ4v) is 1.10. The molecule has 1 aromatic rings. The van der Waals surface area contributed by atoms with E-state index >= 15 is 0 Å². The molecule has 0 atom stereocenters. The maximum atomic E-state index is 5.30. The summed E-state index contributed by atoms with van der Waals surface area (Å²) in [7, 11) is 1.60. The van der Waals surface area contributed by atoms with E-state index in [1.807, 2.05) is 25.1 Å². The van der Waals surface area contributed by atoms with Crippen molar-refractivity contribution in [3.8, 4) is 0 Å². The molecule has 6 N–H and O–H groups in total. The van der Waals surface area contributed by atoms with Crippen molar-refractivity contribution in [2.75, 3.05) is 7.11 Å². The van der Waals surface area contributed by atoms with E-state index in [0.29, 0.717) is 0 Å². The Balaban J connectivity index is 3.02. The number of aryl methyl sites for hydroxylation is 1. The van der Waals surface area contributed by atoms with Crippen LogP contribution in [0.1, 0.15) is 5.56 Å². The molecule has 0 bridgehead atoms. The van der Waals surface area contributed by atoms with Crippen LogP contribution >= 0.6 is 0 Å². The largest absolute Gasteiger partial charge is 0.370 e. The minimum absolute atomic E-state index is 0.0580. The molecule has 0 aromatic heterocycles. The number of nitrogens with two attached hydrogens (primary N) is 3. The van der Waals surface area contributed by atoms with Crippen LogP contribution < -0.4 is 16.9 Å². The van der Waals surface area contributed by atoms with Gasteiger partial charge in [-0.05, 0) is 12.5 Å². The Morgan fingerprint density at radius 2 is 2.14 bits per heavy atom. The maximum Gasteiger partial charge on any atom is 0.191 e. The summed E-state index contributed by atoms with van der Waals surface area (Å²) in [4.78, 5) is 8.89. The number of rotatable bonds is 3. The lowest BCUT2D eigenvalue weighted by molar-refractivity contribution is -0.830. The van der Waals surface area contributed by atoms with Crippen LogP contribution in [0.25, 0.3) is 0 Å². The van der Waals surface area contributed by atoms with Gasteiger partial charge in [0, 0.05) is 12.1 Å². The van der Waals surface area contributed by atoms with Gasteiger partial charge in [-0.1, -0.05) is 6.07 Å². The van der Waals surface area contributed by atoms with Gasteiger partial charge in [-0.3, -0.25) is 0 Å². The lowest BCUT2D eigenvalue weighted by Crippen LogP contribution is -2.75. The highest BCUT2D eigenvalue weighted by Crippen LogP contribution is 2.20. The van der Waals surface area contributed by atoms with Gasteiger partial charge in [-0.2, -0.15) is 5.48 Å². The molecule has 1 aromatic carbocycles. The molecule has 0 spiro atoms. The number of guanidine groups is 1. The van der Waals surface area contributed by atoms with Crippen molar-refractivity contribution in [2.45, 2.75) is 6.92 Å². The molecule has 5 heteroatoms. The summed E-state index contributed by atoms with van der Waals surface area (Å²) in [6.07, 6.45) is 0. The predicted octanol–water partition coefficient (Wildman–Crippen LogP) is -0.344. The second kappa shape index (κ2) is 4.59. The summed E-state index contributed by atoms with van der Waals surface area (Å²) >= 11 is 0. The van der Waals surface area contributed by atoms with E-state index in [-0.39, 0.29) is 5.96 Å². The van der Waals surface area contributed by atoms with E-state index in [0.717, 1.165) is 16.9 Å². The first-order chi connectivity index (χ1) is 6.63. The van der Waals surface area contributed by atoms with Crippen LogP contribution in [0.15, 0.2) is 23.2 Å². The third-order valence-corrected chi connectivity index (χ3v) is 1.74. The highest BCUT2D eigenvalue weighted by atomic mass is 16.6. The van der Waals surface area contributed by atoms with Crippen LogP contribution in [-0.4, -0.2) is 13.1 Å². The second-order valence-corrected chi connectivity index (χ2v) is 2.94. The van der Waals surface area contributed by atoms with Crippen LogP contribution in [0.4, 0.5) is 11.4 Å². The SMILES string of the molecule is CO[NH2+]c1ccc(C)c(N=C(N)N)c1. The Morgan fingerprint density at radius 3 is 2.71 bits per heavy atom. The van der Waals surface area contributed by atoms with Gasteiger partial charge in [-0.25, -0.2) is 9.83 Å². The van der Waals surface area contributed by atoms with Crippen LogP contribution in [-0.2, 0) is 4.84 Å². The van der Waals surface area contributed by atoms with Gasteiger partial charge in [0.15, 0.2) is 11.6 Å². The van der Waals surface area contributed by atoms with Crippen LogP contribution in [0, 0.1) is 6.92 Å². The van der Waals surface area contributed by atoms with Crippen LogP contribution in [0.3, 0.4) is 0 Å². The number of quaternary nitrogens is 1. The molecule has 0 unspecified atom stereocenters. The van der Waals surface area contributed by atoms with Crippen molar-refractivity contribution < 1.29 is 10.3 Å². The highest BCUT2D eigenvalue weighted by molar-refractivity contribution is 5.79. The van der Waals surface area contributed by atoms with Crippen molar-refractivity contribution in [1.29, 1.82) is 0 Å². The lowest BCUT2D eigenvalue weighted by Gasteiger charge is -2.02. The normalized spacial score (nSPS) is 9.86. The van der Waals surface area contributed by atoms with E-state index in [1.165, 1.54) is 0 Å². The molecule has 1 rings (SSSR count). The first-order valence-corrected chi connectivity index (χ1v) is 4.20. The van der Waals surface area contributed by atoms with E-state index in [4.69, 9.17) is 16.3 Å².